The van der Waals surface area contributed by atoms with Crippen LogP contribution in [0.5, 0.6) is 17.2 Å². The lowest BCUT2D eigenvalue weighted by atomic mass is 9.78. The summed E-state index contributed by atoms with van der Waals surface area (Å²) in [6.45, 7) is 11.0. The highest BCUT2D eigenvalue weighted by Crippen LogP contribution is 2.39. The summed E-state index contributed by atoms with van der Waals surface area (Å²) in [7, 11) is -18.9. The van der Waals surface area contributed by atoms with Gasteiger partial charge in [-0.25, -0.2) is 8.42 Å². The molecule has 0 heterocycles. The number of sulfone groups is 1. The van der Waals surface area contributed by atoms with Crippen LogP contribution in [-0.4, -0.2) is 52.9 Å². The summed E-state index contributed by atoms with van der Waals surface area (Å²) >= 11 is 0. The third kappa shape index (κ3) is 9.11. The monoisotopic (exact) mass is 810 g/mol. The highest BCUT2D eigenvalue weighted by molar-refractivity contribution is 7.91. The fourth-order valence-corrected chi connectivity index (χ4v) is 9.08. The van der Waals surface area contributed by atoms with Gasteiger partial charge < -0.3 is 9.47 Å². The van der Waals surface area contributed by atoms with Gasteiger partial charge in [0.15, 0.2) is 0 Å². The minimum absolute atomic E-state index is 0.0395. The number of benzene rings is 4. The van der Waals surface area contributed by atoms with E-state index in [-0.39, 0.29) is 43.7 Å². The smallest absolute Gasteiger partial charge is 0.298 e. The number of ether oxygens (including phenoxy) is 2. The van der Waals surface area contributed by atoms with Crippen LogP contribution in [0.1, 0.15) is 72.8 Å². The second-order valence-corrected chi connectivity index (χ2v) is 19.1. The molecule has 4 rings (SSSR count). The molecule has 4 aromatic carbocycles. The Balaban J connectivity index is 1.70. The van der Waals surface area contributed by atoms with E-state index in [1.54, 1.807) is 6.92 Å². The van der Waals surface area contributed by atoms with E-state index in [1.165, 1.54) is 48.5 Å². The Hall–Kier alpha value is -3.84. The largest absolute Gasteiger partial charge is 0.486 e. The Kier molecular flexibility index (Phi) is 12.0. The Morgan fingerprint density at radius 3 is 1.43 bits per heavy atom. The van der Waals surface area contributed by atoms with Crippen molar-refractivity contribution < 1.29 is 56.8 Å². The fraction of sp³-hybridized carbons (Fsp3) is 0.333. The van der Waals surface area contributed by atoms with Crippen molar-refractivity contribution in [2.45, 2.75) is 103 Å². The van der Waals surface area contributed by atoms with Crippen molar-refractivity contribution in [3.63, 3.8) is 0 Å². The quantitative estimate of drug-likeness (QED) is 0.0980. The van der Waals surface area contributed by atoms with Crippen molar-refractivity contribution in [3.8, 4) is 28.4 Å². The maximum absolute atomic E-state index is 13.6. The summed E-state index contributed by atoms with van der Waals surface area (Å²) in [5.74, 6) is -0.497. The van der Waals surface area contributed by atoms with Gasteiger partial charge in [-0.05, 0) is 115 Å². The van der Waals surface area contributed by atoms with Crippen LogP contribution in [0.3, 0.4) is 0 Å². The molecule has 0 saturated carbocycles. The van der Waals surface area contributed by atoms with E-state index >= 15 is 0 Å². The highest BCUT2D eigenvalue weighted by atomic mass is 32.2. The summed E-state index contributed by atoms with van der Waals surface area (Å²) < 4.78 is 143. The third-order valence-electron chi connectivity index (χ3n) is 9.74. The molecule has 17 heteroatoms. The summed E-state index contributed by atoms with van der Waals surface area (Å²) in [6, 6.07) is 15.8. The standard InChI is InChI=1S/C36H42O13S4/c1-7-35(5,8-2)29-18-17-28(23-32(29)51(39,40)41)50(37,38)27-15-13-26(14-16-27)48-30-19-11-24(21-33(30)52(42,43)44)25-12-20-31(34(22-25)53(45,46)47)49-36(6,9-3)10-4/h11-23H,7-10H2,1-6H3,(H,39,40,41)(H,42,43,44)(H,45,46,47). The van der Waals surface area contributed by atoms with Crippen LogP contribution >= 0.6 is 0 Å². The average Bonchev–Trinajstić information content (AvgIpc) is 3.10. The lowest BCUT2D eigenvalue weighted by Crippen LogP contribution is -2.31. The van der Waals surface area contributed by atoms with Gasteiger partial charge in [-0.3, -0.25) is 13.7 Å². The van der Waals surface area contributed by atoms with Crippen LogP contribution in [0.25, 0.3) is 11.1 Å². The number of hydrogen-bond acceptors (Lipinski definition) is 10. The molecular formula is C36H42O13S4. The topological polar surface area (TPSA) is 216 Å². The molecule has 0 bridgehead atoms. The minimum Gasteiger partial charge on any atom is -0.486 e. The normalized spacial score (nSPS) is 13.2. The molecule has 0 saturated heterocycles. The van der Waals surface area contributed by atoms with Crippen LogP contribution in [-0.2, 0) is 45.6 Å². The molecule has 53 heavy (non-hydrogen) atoms. The van der Waals surface area contributed by atoms with Crippen LogP contribution < -0.4 is 9.47 Å². The molecule has 0 aliphatic carbocycles. The first-order chi connectivity index (χ1) is 24.4. The van der Waals surface area contributed by atoms with Crippen molar-refractivity contribution in [2.75, 3.05) is 0 Å². The van der Waals surface area contributed by atoms with E-state index in [9.17, 15) is 47.3 Å². The van der Waals surface area contributed by atoms with E-state index in [1.807, 2.05) is 34.6 Å². The first-order valence-corrected chi connectivity index (χ1v) is 22.3. The lowest BCUT2D eigenvalue weighted by molar-refractivity contribution is 0.0766. The van der Waals surface area contributed by atoms with Gasteiger partial charge in [-0.2, -0.15) is 25.3 Å². The maximum atomic E-state index is 13.6. The predicted molar refractivity (Wildman–Crippen MR) is 197 cm³/mol. The molecule has 3 N–H and O–H groups in total. The van der Waals surface area contributed by atoms with Crippen molar-refractivity contribution in [1.82, 2.24) is 0 Å². The zero-order valence-electron chi connectivity index (χ0n) is 29.9. The van der Waals surface area contributed by atoms with Crippen molar-refractivity contribution >= 4 is 40.2 Å². The second kappa shape index (κ2) is 15.1. The van der Waals surface area contributed by atoms with Gasteiger partial charge in [0.05, 0.1) is 14.7 Å². The Bertz CT molecular complexity index is 2450. The molecule has 0 amide bonds. The molecule has 288 valence electrons. The van der Waals surface area contributed by atoms with Gasteiger partial charge in [0.2, 0.25) is 9.84 Å². The van der Waals surface area contributed by atoms with Crippen molar-refractivity contribution in [3.05, 3.63) is 84.4 Å². The molecule has 4 aromatic rings. The van der Waals surface area contributed by atoms with E-state index in [4.69, 9.17) is 9.47 Å². The minimum atomic E-state index is -4.95. The van der Waals surface area contributed by atoms with E-state index < -0.39 is 65.9 Å². The molecular weight excluding hydrogens is 769 g/mol. The maximum Gasteiger partial charge on any atom is 0.298 e. The van der Waals surface area contributed by atoms with Gasteiger partial charge >= 0.3 is 0 Å². The average molecular weight is 811 g/mol. The number of hydrogen-bond donors (Lipinski definition) is 3. The summed E-state index contributed by atoms with van der Waals surface area (Å²) in [4.78, 5) is -2.41. The van der Waals surface area contributed by atoms with E-state index in [0.717, 1.165) is 30.3 Å². The molecule has 0 aromatic heterocycles. The first kappa shape index (κ1) is 41.9. The molecule has 13 nitrogen and oxygen atoms in total. The molecule has 0 aliphatic rings. The zero-order valence-corrected chi connectivity index (χ0v) is 33.2. The van der Waals surface area contributed by atoms with Crippen LogP contribution in [0.15, 0.2) is 103 Å². The number of rotatable bonds is 15. The van der Waals surface area contributed by atoms with Crippen molar-refractivity contribution in [1.29, 1.82) is 0 Å². The summed E-state index contributed by atoms with van der Waals surface area (Å²) in [5.41, 5.74) is -0.816. The molecule has 0 unspecified atom stereocenters. The SMILES string of the molecule is CCC(C)(CC)Oc1ccc(-c2ccc(Oc3ccc(S(=O)(=O)c4ccc(C(C)(CC)CC)c(S(=O)(=O)O)c4)cc3)c(S(=O)(=O)O)c2)cc1S(=O)(=O)O. The van der Waals surface area contributed by atoms with Gasteiger partial charge in [0.25, 0.3) is 30.4 Å². The lowest BCUT2D eigenvalue weighted by Gasteiger charge is -2.29. The molecule has 0 spiro atoms. The summed E-state index contributed by atoms with van der Waals surface area (Å²) in [5, 5.41) is 0. The summed E-state index contributed by atoms with van der Waals surface area (Å²) in [6.07, 6.45) is 2.13. The van der Waals surface area contributed by atoms with Crippen LogP contribution in [0, 0.1) is 0 Å². The van der Waals surface area contributed by atoms with Crippen LogP contribution in [0.4, 0.5) is 0 Å². The molecule has 0 radical (unpaired) electrons. The van der Waals surface area contributed by atoms with Crippen LogP contribution in [0.2, 0.25) is 0 Å². The third-order valence-corrected chi connectivity index (χ3v) is 14.2. The molecule has 0 atom stereocenters. The van der Waals surface area contributed by atoms with Gasteiger partial charge in [-0.1, -0.05) is 52.8 Å². The Morgan fingerprint density at radius 1 is 0.528 bits per heavy atom. The first-order valence-electron chi connectivity index (χ1n) is 16.5. The van der Waals surface area contributed by atoms with E-state index in [2.05, 4.69) is 0 Å². The second-order valence-electron chi connectivity index (χ2n) is 13.0. The predicted octanol–water partition coefficient (Wildman–Crippen LogP) is 7.75. The fourth-order valence-electron chi connectivity index (χ4n) is 5.57. The zero-order chi connectivity index (χ0) is 39.8. The highest BCUT2D eigenvalue weighted by Gasteiger charge is 2.32. The Labute approximate surface area is 311 Å². The molecule has 0 aliphatic heterocycles. The van der Waals surface area contributed by atoms with Gasteiger partial charge in [0.1, 0.15) is 32.6 Å². The van der Waals surface area contributed by atoms with Gasteiger partial charge in [-0.15, -0.1) is 0 Å². The molecule has 0 fully saturated rings. The van der Waals surface area contributed by atoms with E-state index in [0.29, 0.717) is 25.7 Å². The Morgan fingerprint density at radius 2 is 0.981 bits per heavy atom. The van der Waals surface area contributed by atoms with Gasteiger partial charge in [0, 0.05) is 0 Å². The van der Waals surface area contributed by atoms with Crippen molar-refractivity contribution in [2.24, 2.45) is 0 Å².